The SMILES string of the molecule is Cc1cnc(-c2ccc(OC3CCN(C)CC3)cc2)nc1NCCCN1CCOCC1. The molecule has 2 fully saturated rings. The van der Waals surface area contributed by atoms with Crippen molar-refractivity contribution in [1.82, 2.24) is 19.8 Å². The van der Waals surface area contributed by atoms with Gasteiger partial charge in [-0.15, -0.1) is 0 Å². The van der Waals surface area contributed by atoms with Crippen molar-refractivity contribution in [3.63, 3.8) is 0 Å². The van der Waals surface area contributed by atoms with E-state index in [2.05, 4.69) is 39.3 Å². The normalized spacial score (nSPS) is 18.8. The van der Waals surface area contributed by atoms with Crippen LogP contribution in [-0.2, 0) is 4.74 Å². The van der Waals surface area contributed by atoms with Crippen LogP contribution in [0.2, 0.25) is 0 Å². The van der Waals surface area contributed by atoms with E-state index in [4.69, 9.17) is 14.5 Å². The molecule has 2 aliphatic rings. The molecule has 0 aliphatic carbocycles. The minimum absolute atomic E-state index is 0.311. The molecule has 0 unspecified atom stereocenters. The Morgan fingerprint density at radius 2 is 1.84 bits per heavy atom. The molecular weight excluding hydrogens is 390 g/mol. The quantitative estimate of drug-likeness (QED) is 0.652. The standard InChI is InChI=1S/C24H35N5O2/c1-19-18-26-24(27-23(19)25-10-3-11-29-14-16-30-17-15-29)20-4-6-21(7-5-20)31-22-8-12-28(2)13-9-22/h4-7,18,22H,3,8-17H2,1-2H3,(H,25,26,27). The van der Waals surface area contributed by atoms with E-state index in [9.17, 15) is 0 Å². The fourth-order valence-corrected chi connectivity index (χ4v) is 4.07. The van der Waals surface area contributed by atoms with Crippen LogP contribution in [0, 0.1) is 6.92 Å². The molecule has 2 saturated heterocycles. The Labute approximate surface area is 185 Å². The number of piperidine rings is 1. The Bertz CT molecular complexity index is 815. The number of hydrogen-bond donors (Lipinski definition) is 1. The van der Waals surface area contributed by atoms with Gasteiger partial charge in [-0.1, -0.05) is 0 Å². The Hall–Kier alpha value is -2.22. The van der Waals surface area contributed by atoms with Gasteiger partial charge in [-0.05, 0) is 64.0 Å². The number of hydrogen-bond acceptors (Lipinski definition) is 7. The van der Waals surface area contributed by atoms with Crippen molar-refractivity contribution < 1.29 is 9.47 Å². The van der Waals surface area contributed by atoms with Crippen molar-refractivity contribution in [1.29, 1.82) is 0 Å². The van der Waals surface area contributed by atoms with E-state index in [1.165, 1.54) is 0 Å². The molecule has 1 aromatic heterocycles. The largest absolute Gasteiger partial charge is 0.490 e. The van der Waals surface area contributed by atoms with E-state index in [0.717, 1.165) is 100 Å². The smallest absolute Gasteiger partial charge is 0.161 e. The number of morpholine rings is 1. The zero-order chi connectivity index (χ0) is 21.5. The average Bonchev–Trinajstić information content (AvgIpc) is 2.81. The number of ether oxygens (including phenoxy) is 2. The summed E-state index contributed by atoms with van der Waals surface area (Å²) >= 11 is 0. The van der Waals surface area contributed by atoms with Crippen LogP contribution in [0.3, 0.4) is 0 Å². The molecule has 0 bridgehead atoms. The summed E-state index contributed by atoms with van der Waals surface area (Å²) in [7, 11) is 2.17. The molecule has 168 valence electrons. The van der Waals surface area contributed by atoms with Gasteiger partial charge in [-0.3, -0.25) is 4.90 Å². The first-order chi connectivity index (χ1) is 15.2. The number of nitrogens with zero attached hydrogens (tertiary/aromatic N) is 4. The first kappa shape index (κ1) is 22.0. The summed E-state index contributed by atoms with van der Waals surface area (Å²) in [6.07, 6.45) is 5.46. The molecule has 2 aliphatic heterocycles. The van der Waals surface area contributed by atoms with Crippen molar-refractivity contribution in [2.75, 3.05) is 64.8 Å². The van der Waals surface area contributed by atoms with Crippen LogP contribution in [0.1, 0.15) is 24.8 Å². The molecule has 4 rings (SSSR count). The Morgan fingerprint density at radius 3 is 2.58 bits per heavy atom. The summed E-state index contributed by atoms with van der Waals surface area (Å²) in [4.78, 5) is 14.1. The summed E-state index contributed by atoms with van der Waals surface area (Å²) in [5, 5.41) is 3.49. The second-order valence-electron chi connectivity index (χ2n) is 8.60. The lowest BCUT2D eigenvalue weighted by atomic mass is 10.1. The first-order valence-corrected chi connectivity index (χ1v) is 11.5. The number of aromatic nitrogens is 2. The molecule has 7 heteroatoms. The maximum atomic E-state index is 6.16. The summed E-state index contributed by atoms with van der Waals surface area (Å²) in [6, 6.07) is 8.17. The van der Waals surface area contributed by atoms with Gasteiger partial charge in [0.25, 0.3) is 0 Å². The van der Waals surface area contributed by atoms with E-state index < -0.39 is 0 Å². The topological polar surface area (TPSA) is 62.8 Å². The predicted molar refractivity (Wildman–Crippen MR) is 124 cm³/mol. The van der Waals surface area contributed by atoms with E-state index in [1.54, 1.807) is 0 Å². The van der Waals surface area contributed by atoms with Gasteiger partial charge < -0.3 is 19.7 Å². The van der Waals surface area contributed by atoms with Crippen LogP contribution in [0.25, 0.3) is 11.4 Å². The Balaban J connectivity index is 1.30. The minimum atomic E-state index is 0.311. The summed E-state index contributed by atoms with van der Waals surface area (Å²) in [6.45, 7) is 10.0. The van der Waals surface area contributed by atoms with E-state index in [1.807, 2.05) is 25.3 Å². The predicted octanol–water partition coefficient (Wildman–Crippen LogP) is 3.06. The highest BCUT2D eigenvalue weighted by atomic mass is 16.5. The molecule has 7 nitrogen and oxygen atoms in total. The maximum absolute atomic E-state index is 6.16. The third-order valence-corrected chi connectivity index (χ3v) is 6.10. The molecule has 3 heterocycles. The fraction of sp³-hybridized carbons (Fsp3) is 0.583. The van der Waals surface area contributed by atoms with Gasteiger partial charge in [-0.25, -0.2) is 9.97 Å². The number of aryl methyl sites for hydroxylation is 1. The van der Waals surface area contributed by atoms with Crippen molar-refractivity contribution in [2.24, 2.45) is 0 Å². The monoisotopic (exact) mass is 425 g/mol. The van der Waals surface area contributed by atoms with Crippen LogP contribution in [0.4, 0.5) is 5.82 Å². The fourth-order valence-electron chi connectivity index (χ4n) is 4.07. The van der Waals surface area contributed by atoms with Crippen molar-refractivity contribution in [3.8, 4) is 17.1 Å². The molecule has 0 spiro atoms. The zero-order valence-electron chi connectivity index (χ0n) is 18.8. The molecule has 1 N–H and O–H groups in total. The van der Waals surface area contributed by atoms with Crippen molar-refractivity contribution >= 4 is 5.82 Å². The summed E-state index contributed by atoms with van der Waals surface area (Å²) < 4.78 is 11.6. The highest BCUT2D eigenvalue weighted by Crippen LogP contribution is 2.24. The first-order valence-electron chi connectivity index (χ1n) is 11.5. The van der Waals surface area contributed by atoms with Crippen molar-refractivity contribution in [2.45, 2.75) is 32.3 Å². The second kappa shape index (κ2) is 10.9. The van der Waals surface area contributed by atoms with Crippen LogP contribution in [-0.4, -0.2) is 85.4 Å². The zero-order valence-corrected chi connectivity index (χ0v) is 18.8. The van der Waals surface area contributed by atoms with Gasteiger partial charge in [0.1, 0.15) is 17.7 Å². The molecule has 0 saturated carbocycles. The number of likely N-dealkylation sites (tertiary alicyclic amines) is 1. The van der Waals surface area contributed by atoms with E-state index in [0.29, 0.717) is 6.10 Å². The lowest BCUT2D eigenvalue weighted by Crippen LogP contribution is -2.37. The summed E-state index contributed by atoms with van der Waals surface area (Å²) in [5.41, 5.74) is 2.07. The van der Waals surface area contributed by atoms with E-state index in [-0.39, 0.29) is 0 Å². The number of benzene rings is 1. The molecule has 0 radical (unpaired) electrons. The molecule has 0 amide bonds. The highest BCUT2D eigenvalue weighted by Gasteiger charge is 2.18. The molecule has 2 aromatic rings. The Kier molecular flexibility index (Phi) is 7.72. The van der Waals surface area contributed by atoms with Gasteiger partial charge in [0, 0.05) is 50.0 Å². The average molecular weight is 426 g/mol. The molecule has 0 atom stereocenters. The van der Waals surface area contributed by atoms with Gasteiger partial charge in [0.05, 0.1) is 13.2 Å². The molecular formula is C24H35N5O2. The summed E-state index contributed by atoms with van der Waals surface area (Å²) in [5.74, 6) is 2.58. The number of anilines is 1. The number of nitrogens with one attached hydrogen (secondary N) is 1. The van der Waals surface area contributed by atoms with Gasteiger partial charge in [0.2, 0.25) is 0 Å². The van der Waals surface area contributed by atoms with Gasteiger partial charge >= 0.3 is 0 Å². The van der Waals surface area contributed by atoms with Crippen LogP contribution in [0.15, 0.2) is 30.5 Å². The third kappa shape index (κ3) is 6.38. The second-order valence-corrected chi connectivity index (χ2v) is 8.60. The van der Waals surface area contributed by atoms with Crippen molar-refractivity contribution in [3.05, 3.63) is 36.0 Å². The van der Waals surface area contributed by atoms with Crippen LogP contribution in [0.5, 0.6) is 5.75 Å². The highest BCUT2D eigenvalue weighted by molar-refractivity contribution is 5.59. The van der Waals surface area contributed by atoms with Crippen LogP contribution >= 0.6 is 0 Å². The Morgan fingerprint density at radius 1 is 1.10 bits per heavy atom. The van der Waals surface area contributed by atoms with Crippen LogP contribution < -0.4 is 10.1 Å². The van der Waals surface area contributed by atoms with Gasteiger partial charge in [-0.2, -0.15) is 0 Å². The minimum Gasteiger partial charge on any atom is -0.490 e. The van der Waals surface area contributed by atoms with Gasteiger partial charge in [0.15, 0.2) is 5.82 Å². The number of rotatable bonds is 8. The molecule has 31 heavy (non-hydrogen) atoms. The lowest BCUT2D eigenvalue weighted by Gasteiger charge is -2.29. The third-order valence-electron chi connectivity index (χ3n) is 6.10. The maximum Gasteiger partial charge on any atom is 0.161 e. The molecule has 1 aromatic carbocycles. The lowest BCUT2D eigenvalue weighted by molar-refractivity contribution is 0.0378. The van der Waals surface area contributed by atoms with E-state index >= 15 is 0 Å².